The number of nitrogens with one attached hydrogen (secondary N) is 2. The number of amides is 3. The number of benzene rings is 2. The van der Waals surface area contributed by atoms with E-state index in [0.29, 0.717) is 0 Å². The lowest BCUT2D eigenvalue weighted by Crippen LogP contribution is -2.40. The molecule has 0 atom stereocenters. The minimum atomic E-state index is -0.982. The number of hydrogen-bond donors (Lipinski definition) is 2. The van der Waals surface area contributed by atoms with E-state index in [-0.39, 0.29) is 18.0 Å². The van der Waals surface area contributed by atoms with Crippen molar-refractivity contribution < 1.29 is 19.2 Å². The molecule has 23 heavy (non-hydrogen) atoms. The highest BCUT2D eigenvalue weighted by Gasteiger charge is 2.11. The van der Waals surface area contributed by atoms with Gasteiger partial charge in [-0.05, 0) is 17.7 Å². The van der Waals surface area contributed by atoms with Crippen LogP contribution in [0.1, 0.15) is 5.56 Å². The van der Waals surface area contributed by atoms with Gasteiger partial charge in [0.25, 0.3) is 5.69 Å². The van der Waals surface area contributed by atoms with Crippen molar-refractivity contribution in [2.24, 2.45) is 0 Å². The first-order valence-electron chi connectivity index (χ1n) is 6.59. The van der Waals surface area contributed by atoms with Crippen LogP contribution in [0.3, 0.4) is 0 Å². The summed E-state index contributed by atoms with van der Waals surface area (Å²) < 4.78 is 4.84. The standard InChI is InChI=1S/C15H13N3O5/c19-14(16-10-11-4-2-1-3-5-11)17-15(20)23-13-8-6-12(7-9-13)18(21)22/h1-9H,10H2,(H2,16,17,19,20). The highest BCUT2D eigenvalue weighted by Crippen LogP contribution is 2.17. The zero-order valence-electron chi connectivity index (χ0n) is 11.9. The topological polar surface area (TPSA) is 111 Å². The van der Waals surface area contributed by atoms with Crippen LogP contribution >= 0.6 is 0 Å². The van der Waals surface area contributed by atoms with Gasteiger partial charge in [0, 0.05) is 18.7 Å². The Morgan fingerprint density at radius 3 is 2.30 bits per heavy atom. The number of non-ortho nitro benzene ring substituents is 1. The molecule has 2 rings (SSSR count). The Kier molecular flexibility index (Phi) is 5.24. The molecular formula is C15H13N3O5. The fourth-order valence-electron chi connectivity index (χ4n) is 1.68. The highest BCUT2D eigenvalue weighted by atomic mass is 16.6. The van der Waals surface area contributed by atoms with E-state index in [1.165, 1.54) is 24.3 Å². The maximum Gasteiger partial charge on any atom is 0.420 e. The second-order valence-corrected chi connectivity index (χ2v) is 4.43. The molecule has 8 nitrogen and oxygen atoms in total. The first-order chi connectivity index (χ1) is 11.0. The number of urea groups is 1. The van der Waals surface area contributed by atoms with Gasteiger partial charge in [0.1, 0.15) is 5.75 Å². The molecule has 0 aliphatic carbocycles. The van der Waals surface area contributed by atoms with Crippen molar-refractivity contribution in [2.45, 2.75) is 6.54 Å². The maximum atomic E-state index is 11.5. The summed E-state index contributed by atoms with van der Waals surface area (Å²) in [6, 6.07) is 13.4. The number of hydrogen-bond acceptors (Lipinski definition) is 5. The van der Waals surface area contributed by atoms with E-state index in [1.807, 2.05) is 35.6 Å². The summed E-state index contributed by atoms with van der Waals surface area (Å²) in [5.41, 5.74) is 0.754. The van der Waals surface area contributed by atoms with Gasteiger partial charge in [-0.25, -0.2) is 14.9 Å². The third-order valence-electron chi connectivity index (χ3n) is 2.77. The maximum absolute atomic E-state index is 11.5. The SMILES string of the molecule is O=C(NCc1ccccc1)NC(=O)Oc1ccc([N+](=O)[O-])cc1. The van der Waals surface area contributed by atoms with Crippen molar-refractivity contribution in [1.82, 2.24) is 10.6 Å². The number of ether oxygens (including phenoxy) is 1. The average Bonchev–Trinajstić information content (AvgIpc) is 2.54. The largest absolute Gasteiger partial charge is 0.420 e. The first kappa shape index (κ1) is 16.0. The number of carbonyl (C=O) groups excluding carboxylic acids is 2. The van der Waals surface area contributed by atoms with E-state index in [4.69, 9.17) is 4.74 Å². The first-order valence-corrected chi connectivity index (χ1v) is 6.59. The van der Waals surface area contributed by atoms with E-state index in [9.17, 15) is 19.7 Å². The van der Waals surface area contributed by atoms with Crippen LogP contribution in [-0.4, -0.2) is 17.0 Å². The van der Waals surface area contributed by atoms with E-state index in [2.05, 4.69) is 5.32 Å². The molecular weight excluding hydrogens is 302 g/mol. The van der Waals surface area contributed by atoms with Crippen LogP contribution in [0.4, 0.5) is 15.3 Å². The molecule has 0 heterocycles. The van der Waals surface area contributed by atoms with Crippen LogP contribution in [0.5, 0.6) is 5.75 Å². The molecule has 118 valence electrons. The second kappa shape index (κ2) is 7.55. The molecule has 2 aromatic carbocycles. The lowest BCUT2D eigenvalue weighted by Gasteiger charge is -2.07. The van der Waals surface area contributed by atoms with Gasteiger partial charge in [-0.15, -0.1) is 0 Å². The molecule has 0 spiro atoms. The normalized spacial score (nSPS) is 9.74. The van der Waals surface area contributed by atoms with Gasteiger partial charge >= 0.3 is 12.1 Å². The smallest absolute Gasteiger partial charge is 0.410 e. The van der Waals surface area contributed by atoms with Crippen molar-refractivity contribution in [3.8, 4) is 5.75 Å². The van der Waals surface area contributed by atoms with Gasteiger partial charge in [0.15, 0.2) is 0 Å². The molecule has 0 unspecified atom stereocenters. The summed E-state index contributed by atoms with van der Waals surface area (Å²) >= 11 is 0. The van der Waals surface area contributed by atoms with Crippen molar-refractivity contribution >= 4 is 17.8 Å². The third-order valence-corrected chi connectivity index (χ3v) is 2.77. The van der Waals surface area contributed by atoms with Crippen molar-refractivity contribution in [2.75, 3.05) is 0 Å². The summed E-state index contributed by atoms with van der Waals surface area (Å²) in [5.74, 6) is 0.0870. The van der Waals surface area contributed by atoms with Gasteiger partial charge in [-0.3, -0.25) is 10.1 Å². The van der Waals surface area contributed by atoms with Crippen molar-refractivity contribution in [3.05, 3.63) is 70.3 Å². The van der Waals surface area contributed by atoms with Crippen LogP contribution in [0.15, 0.2) is 54.6 Å². The number of imide groups is 1. The van der Waals surface area contributed by atoms with Crippen LogP contribution in [0, 0.1) is 10.1 Å². The molecule has 0 saturated carbocycles. The highest BCUT2D eigenvalue weighted by molar-refractivity contribution is 5.91. The molecule has 0 radical (unpaired) electrons. The zero-order chi connectivity index (χ0) is 16.7. The monoisotopic (exact) mass is 315 g/mol. The Hall–Kier alpha value is -3.42. The minimum Gasteiger partial charge on any atom is -0.410 e. The Bertz CT molecular complexity index is 701. The number of nitro groups is 1. The Morgan fingerprint density at radius 1 is 1.04 bits per heavy atom. The van der Waals surface area contributed by atoms with Crippen LogP contribution in [0.25, 0.3) is 0 Å². The molecule has 2 N–H and O–H groups in total. The molecule has 0 fully saturated rings. The van der Waals surface area contributed by atoms with Gasteiger partial charge in [0.05, 0.1) is 4.92 Å². The predicted octanol–water partition coefficient (Wildman–Crippen LogP) is 2.59. The van der Waals surface area contributed by atoms with Gasteiger partial charge < -0.3 is 10.1 Å². The van der Waals surface area contributed by atoms with Gasteiger partial charge in [-0.1, -0.05) is 30.3 Å². The quantitative estimate of drug-likeness (QED) is 0.665. The molecule has 0 aromatic heterocycles. The summed E-state index contributed by atoms with van der Waals surface area (Å²) in [7, 11) is 0. The Labute approximate surface area is 131 Å². The van der Waals surface area contributed by atoms with E-state index < -0.39 is 17.0 Å². The summed E-state index contributed by atoms with van der Waals surface area (Å²) in [5, 5.41) is 15.0. The fourth-order valence-corrected chi connectivity index (χ4v) is 1.68. The zero-order valence-corrected chi connectivity index (χ0v) is 11.9. The second-order valence-electron chi connectivity index (χ2n) is 4.43. The van der Waals surface area contributed by atoms with Gasteiger partial charge in [0.2, 0.25) is 0 Å². The van der Waals surface area contributed by atoms with E-state index >= 15 is 0 Å². The van der Waals surface area contributed by atoms with E-state index in [1.54, 1.807) is 0 Å². The number of nitro benzene ring substituents is 1. The van der Waals surface area contributed by atoms with Gasteiger partial charge in [-0.2, -0.15) is 0 Å². The lowest BCUT2D eigenvalue weighted by atomic mass is 10.2. The van der Waals surface area contributed by atoms with Crippen molar-refractivity contribution in [1.29, 1.82) is 0 Å². The molecule has 0 aliphatic heterocycles. The summed E-state index contributed by atoms with van der Waals surface area (Å²) in [6.07, 6.45) is -0.982. The number of nitrogens with zero attached hydrogens (tertiary/aromatic N) is 1. The number of rotatable bonds is 4. The van der Waals surface area contributed by atoms with E-state index in [0.717, 1.165) is 5.56 Å². The minimum absolute atomic E-state index is 0.0870. The average molecular weight is 315 g/mol. The lowest BCUT2D eigenvalue weighted by molar-refractivity contribution is -0.384. The summed E-state index contributed by atoms with van der Waals surface area (Å²) in [4.78, 5) is 33.0. The van der Waals surface area contributed by atoms with Crippen LogP contribution in [-0.2, 0) is 6.54 Å². The number of carbonyl (C=O) groups is 2. The fraction of sp³-hybridized carbons (Fsp3) is 0.0667. The third kappa shape index (κ3) is 5.12. The molecule has 8 heteroatoms. The van der Waals surface area contributed by atoms with Crippen LogP contribution < -0.4 is 15.4 Å². The molecule has 3 amide bonds. The molecule has 0 saturated heterocycles. The Balaban J connectivity index is 1.79. The predicted molar refractivity (Wildman–Crippen MR) is 80.9 cm³/mol. The molecule has 0 bridgehead atoms. The van der Waals surface area contributed by atoms with Crippen LogP contribution in [0.2, 0.25) is 0 Å². The van der Waals surface area contributed by atoms with Crippen molar-refractivity contribution in [3.63, 3.8) is 0 Å². The molecule has 0 aliphatic rings. The Morgan fingerprint density at radius 2 is 1.70 bits per heavy atom. The summed E-state index contributed by atoms with van der Waals surface area (Å²) in [6.45, 7) is 0.261. The molecule has 2 aromatic rings.